The number of methoxy groups -OCH3 is 1. The molecule has 2 heterocycles. The normalized spacial score (nSPS) is 11.0. The molecule has 3 rings (SSSR count). The van der Waals surface area contributed by atoms with Crippen molar-refractivity contribution < 1.29 is 9.53 Å². The fourth-order valence-electron chi connectivity index (χ4n) is 2.33. The van der Waals surface area contributed by atoms with Crippen LogP contribution in [0.4, 0.5) is 0 Å². The maximum Gasteiger partial charge on any atom is 0.349 e. The Bertz CT molecular complexity index is 800. The van der Waals surface area contributed by atoms with Crippen LogP contribution in [-0.4, -0.2) is 22.5 Å². The fourth-order valence-corrected chi connectivity index (χ4v) is 3.45. The third kappa shape index (κ3) is 2.34. The predicted octanol–water partition coefficient (Wildman–Crippen LogP) is 3.72. The van der Waals surface area contributed by atoms with Crippen LogP contribution < -0.4 is 0 Å². The van der Waals surface area contributed by atoms with E-state index in [4.69, 9.17) is 4.74 Å². The number of imidazole rings is 1. The summed E-state index contributed by atoms with van der Waals surface area (Å²) >= 11 is 1.38. The van der Waals surface area contributed by atoms with E-state index in [1.54, 1.807) is 0 Å². The Balaban J connectivity index is 2.11. The van der Waals surface area contributed by atoms with E-state index in [0.717, 1.165) is 28.3 Å². The summed E-state index contributed by atoms with van der Waals surface area (Å²) in [4.78, 5) is 17.9. The van der Waals surface area contributed by atoms with Crippen molar-refractivity contribution in [3.8, 4) is 11.3 Å². The van der Waals surface area contributed by atoms with Crippen molar-refractivity contribution in [3.05, 3.63) is 46.6 Å². The van der Waals surface area contributed by atoms with Crippen molar-refractivity contribution in [2.75, 3.05) is 7.11 Å². The molecule has 0 fully saturated rings. The maximum absolute atomic E-state index is 11.8. The molecule has 21 heavy (non-hydrogen) atoms. The van der Waals surface area contributed by atoms with E-state index in [0.29, 0.717) is 4.88 Å². The molecule has 0 bridgehead atoms. The lowest BCUT2D eigenvalue weighted by molar-refractivity contribution is 0.0604. The van der Waals surface area contributed by atoms with Gasteiger partial charge in [-0.05, 0) is 13.3 Å². The predicted molar refractivity (Wildman–Crippen MR) is 84.0 cm³/mol. The van der Waals surface area contributed by atoms with Gasteiger partial charge in [-0.1, -0.05) is 48.1 Å². The maximum atomic E-state index is 11.8. The lowest BCUT2D eigenvalue weighted by atomic mass is 10.1. The van der Waals surface area contributed by atoms with Crippen LogP contribution in [0.25, 0.3) is 16.2 Å². The number of carbonyl (C=O) groups excluding carboxylic acids is 1. The largest absolute Gasteiger partial charge is 0.465 e. The number of thiazole rings is 1. The summed E-state index contributed by atoms with van der Waals surface area (Å²) in [5, 5.41) is 0. The first kappa shape index (κ1) is 13.8. The molecule has 2 aromatic heterocycles. The second-order valence-corrected chi connectivity index (χ2v) is 5.85. The third-order valence-corrected chi connectivity index (χ3v) is 4.55. The van der Waals surface area contributed by atoms with Crippen LogP contribution in [0.2, 0.25) is 0 Å². The molecule has 0 amide bonds. The van der Waals surface area contributed by atoms with Gasteiger partial charge < -0.3 is 4.74 Å². The molecule has 0 spiro atoms. The van der Waals surface area contributed by atoms with Gasteiger partial charge in [0, 0.05) is 17.5 Å². The van der Waals surface area contributed by atoms with E-state index in [2.05, 4.69) is 36.2 Å². The summed E-state index contributed by atoms with van der Waals surface area (Å²) in [6.45, 7) is 4.09. The summed E-state index contributed by atoms with van der Waals surface area (Å²) in [5.41, 5.74) is 4.18. The van der Waals surface area contributed by atoms with E-state index >= 15 is 0 Å². The van der Waals surface area contributed by atoms with Gasteiger partial charge in [-0.2, -0.15) is 0 Å². The van der Waals surface area contributed by atoms with Gasteiger partial charge in [-0.15, -0.1) is 0 Å². The van der Waals surface area contributed by atoms with Crippen molar-refractivity contribution in [2.24, 2.45) is 0 Å². The Morgan fingerprint density at radius 2 is 2.05 bits per heavy atom. The van der Waals surface area contributed by atoms with Crippen LogP contribution in [0.1, 0.15) is 27.9 Å². The quantitative estimate of drug-likeness (QED) is 0.692. The lowest BCUT2D eigenvalue weighted by Gasteiger charge is -2.00. The number of hydrogen-bond acceptors (Lipinski definition) is 4. The topological polar surface area (TPSA) is 43.6 Å². The third-order valence-electron chi connectivity index (χ3n) is 3.47. The highest BCUT2D eigenvalue weighted by Gasteiger charge is 2.19. The minimum absolute atomic E-state index is 0.292. The average molecular weight is 300 g/mol. The van der Waals surface area contributed by atoms with Gasteiger partial charge in [0.25, 0.3) is 0 Å². The number of benzene rings is 1. The van der Waals surface area contributed by atoms with E-state index in [-0.39, 0.29) is 5.97 Å². The number of ether oxygens (including phenoxy) is 1. The number of carbonyl (C=O) groups is 1. The van der Waals surface area contributed by atoms with E-state index < -0.39 is 0 Å². The standard InChI is InChI=1S/C16H16N2O2S/c1-4-13-14(15(19)20-3)21-16-17-12(9-18(13)16)11-7-5-10(2)6-8-11/h5-9H,4H2,1-3H3. The van der Waals surface area contributed by atoms with Gasteiger partial charge in [0.05, 0.1) is 12.8 Å². The van der Waals surface area contributed by atoms with Crippen LogP contribution in [0.3, 0.4) is 0 Å². The first-order chi connectivity index (χ1) is 10.1. The van der Waals surface area contributed by atoms with Gasteiger partial charge >= 0.3 is 5.97 Å². The van der Waals surface area contributed by atoms with Gasteiger partial charge in [0.2, 0.25) is 0 Å². The molecule has 4 nitrogen and oxygen atoms in total. The first-order valence-electron chi connectivity index (χ1n) is 6.80. The number of aryl methyl sites for hydroxylation is 2. The van der Waals surface area contributed by atoms with E-state index in [1.807, 2.05) is 17.5 Å². The Morgan fingerprint density at radius 3 is 2.67 bits per heavy atom. The van der Waals surface area contributed by atoms with Crippen molar-refractivity contribution in [1.82, 2.24) is 9.38 Å². The number of rotatable bonds is 3. The van der Waals surface area contributed by atoms with Crippen LogP contribution >= 0.6 is 11.3 Å². The average Bonchev–Trinajstić information content (AvgIpc) is 3.04. The summed E-state index contributed by atoms with van der Waals surface area (Å²) in [5.74, 6) is -0.292. The van der Waals surface area contributed by atoms with Crippen LogP contribution in [0, 0.1) is 6.92 Å². The molecule has 0 radical (unpaired) electrons. The molecule has 1 aromatic carbocycles. The second kappa shape index (κ2) is 5.33. The zero-order valence-corrected chi connectivity index (χ0v) is 13.0. The highest BCUT2D eigenvalue weighted by atomic mass is 32.1. The van der Waals surface area contributed by atoms with E-state index in [9.17, 15) is 4.79 Å². The minimum atomic E-state index is -0.292. The molecule has 0 aliphatic heterocycles. The number of esters is 1. The molecule has 3 aromatic rings. The van der Waals surface area contributed by atoms with Gasteiger partial charge in [0.15, 0.2) is 4.96 Å². The van der Waals surface area contributed by atoms with Gasteiger partial charge in [0.1, 0.15) is 4.88 Å². The summed E-state index contributed by atoms with van der Waals surface area (Å²) in [6, 6.07) is 8.27. The van der Waals surface area contributed by atoms with Gasteiger partial charge in [-0.25, -0.2) is 9.78 Å². The fraction of sp³-hybridized carbons (Fsp3) is 0.250. The first-order valence-corrected chi connectivity index (χ1v) is 7.61. The molecule has 0 unspecified atom stereocenters. The van der Waals surface area contributed by atoms with Crippen LogP contribution in [-0.2, 0) is 11.2 Å². The molecule has 108 valence electrons. The van der Waals surface area contributed by atoms with E-state index in [1.165, 1.54) is 24.0 Å². The van der Waals surface area contributed by atoms with Crippen molar-refractivity contribution >= 4 is 22.3 Å². The lowest BCUT2D eigenvalue weighted by Crippen LogP contribution is -2.03. The Labute approximate surface area is 127 Å². The number of aromatic nitrogens is 2. The van der Waals surface area contributed by atoms with Crippen molar-refractivity contribution in [3.63, 3.8) is 0 Å². The highest BCUT2D eigenvalue weighted by molar-refractivity contribution is 7.19. The summed E-state index contributed by atoms with van der Waals surface area (Å²) < 4.78 is 6.83. The number of hydrogen-bond donors (Lipinski definition) is 0. The number of nitrogens with zero attached hydrogens (tertiary/aromatic N) is 2. The smallest absolute Gasteiger partial charge is 0.349 e. The molecule has 0 N–H and O–H groups in total. The molecule has 5 heteroatoms. The van der Waals surface area contributed by atoms with Gasteiger partial charge in [-0.3, -0.25) is 4.40 Å². The molecule has 0 saturated carbocycles. The van der Waals surface area contributed by atoms with Crippen LogP contribution in [0.15, 0.2) is 30.5 Å². The molecule has 0 atom stereocenters. The van der Waals surface area contributed by atoms with Crippen molar-refractivity contribution in [1.29, 1.82) is 0 Å². The van der Waals surface area contributed by atoms with Crippen molar-refractivity contribution in [2.45, 2.75) is 20.3 Å². The highest BCUT2D eigenvalue weighted by Crippen LogP contribution is 2.28. The Morgan fingerprint density at radius 1 is 1.33 bits per heavy atom. The monoisotopic (exact) mass is 300 g/mol. The Hall–Kier alpha value is -2.14. The SMILES string of the molecule is CCc1c(C(=O)OC)sc2nc(-c3ccc(C)cc3)cn12. The molecular weight excluding hydrogens is 284 g/mol. The Kier molecular flexibility index (Phi) is 3.51. The molecular formula is C16H16N2O2S. The minimum Gasteiger partial charge on any atom is -0.465 e. The van der Waals surface area contributed by atoms with Crippen LogP contribution in [0.5, 0.6) is 0 Å². The number of fused-ring (bicyclic) bond motifs is 1. The second-order valence-electron chi connectivity index (χ2n) is 4.87. The molecule has 0 aliphatic carbocycles. The molecule has 0 saturated heterocycles. The molecule has 0 aliphatic rings. The zero-order chi connectivity index (χ0) is 15.0. The summed E-state index contributed by atoms with van der Waals surface area (Å²) in [6.07, 6.45) is 2.75. The zero-order valence-electron chi connectivity index (χ0n) is 12.2. The summed E-state index contributed by atoms with van der Waals surface area (Å²) in [7, 11) is 1.40.